The largest absolute Gasteiger partial charge is 0.393 e. The summed E-state index contributed by atoms with van der Waals surface area (Å²) in [4.78, 5) is 46.1. The molecular formula is C11H15BrO8. The fourth-order valence-electron chi connectivity index (χ4n) is 1.86. The standard InChI is InChI=1S/C11H15BrO8/c1-5(14)9(18,4-13)11(20,7(3)16)10(19,6(2)15)8(12)17/h13,18-20H,4H2,1-3H3/t9-,10+,11+/m1/s1. The summed E-state index contributed by atoms with van der Waals surface area (Å²) in [5, 5.41) is 39.7. The molecule has 0 saturated heterocycles. The van der Waals surface area contributed by atoms with Gasteiger partial charge in [0.2, 0.25) is 15.9 Å². The van der Waals surface area contributed by atoms with Gasteiger partial charge >= 0.3 is 0 Å². The molecule has 0 heterocycles. The maximum atomic E-state index is 11.7. The number of aliphatic hydroxyl groups excluding tert-OH is 1. The molecule has 0 saturated carbocycles. The maximum absolute atomic E-state index is 11.7. The first-order chi connectivity index (χ1) is 8.83. The third kappa shape index (κ3) is 2.25. The van der Waals surface area contributed by atoms with Gasteiger partial charge < -0.3 is 20.4 Å². The second-order valence-electron chi connectivity index (χ2n) is 4.38. The van der Waals surface area contributed by atoms with Gasteiger partial charge in [-0.15, -0.1) is 0 Å². The van der Waals surface area contributed by atoms with Crippen LogP contribution in [0.5, 0.6) is 0 Å². The van der Waals surface area contributed by atoms with Crippen LogP contribution in [0.25, 0.3) is 0 Å². The van der Waals surface area contributed by atoms with E-state index in [9.17, 15) is 34.5 Å². The number of aliphatic hydroxyl groups is 4. The number of Topliss-reactive ketones (excluding diaryl/α,β-unsaturated/α-hetero) is 3. The van der Waals surface area contributed by atoms with Crippen LogP contribution in [-0.2, 0) is 19.2 Å². The maximum Gasteiger partial charge on any atom is 0.240 e. The van der Waals surface area contributed by atoms with Gasteiger partial charge in [0.05, 0.1) is 6.61 Å². The normalized spacial score (nSPS) is 20.2. The Bertz CT molecular complexity index is 459. The van der Waals surface area contributed by atoms with Gasteiger partial charge in [0, 0.05) is 0 Å². The van der Waals surface area contributed by atoms with Gasteiger partial charge in [-0.1, -0.05) is 0 Å². The lowest BCUT2D eigenvalue weighted by molar-refractivity contribution is -0.229. The molecule has 0 aromatic carbocycles. The van der Waals surface area contributed by atoms with Gasteiger partial charge in [0.1, 0.15) is 0 Å². The van der Waals surface area contributed by atoms with Crippen molar-refractivity contribution in [3.63, 3.8) is 0 Å². The van der Waals surface area contributed by atoms with Crippen LogP contribution < -0.4 is 0 Å². The van der Waals surface area contributed by atoms with Gasteiger partial charge in [0.15, 0.2) is 23.0 Å². The third-order valence-electron chi connectivity index (χ3n) is 3.24. The first-order valence-corrected chi connectivity index (χ1v) is 6.14. The summed E-state index contributed by atoms with van der Waals surface area (Å²) in [5.41, 5.74) is -10.2. The molecule has 0 radical (unpaired) electrons. The number of hydrogen-bond donors (Lipinski definition) is 4. The summed E-state index contributed by atoms with van der Waals surface area (Å²) >= 11 is 2.25. The molecular weight excluding hydrogens is 340 g/mol. The van der Waals surface area contributed by atoms with Crippen molar-refractivity contribution in [3.8, 4) is 0 Å². The second-order valence-corrected chi connectivity index (χ2v) is 5.10. The van der Waals surface area contributed by atoms with Gasteiger partial charge in [-0.05, 0) is 36.7 Å². The highest BCUT2D eigenvalue weighted by atomic mass is 79.9. The zero-order valence-corrected chi connectivity index (χ0v) is 12.6. The molecule has 0 aliphatic rings. The van der Waals surface area contributed by atoms with Crippen molar-refractivity contribution in [3.05, 3.63) is 0 Å². The zero-order valence-electron chi connectivity index (χ0n) is 11.0. The smallest absolute Gasteiger partial charge is 0.240 e. The van der Waals surface area contributed by atoms with Crippen molar-refractivity contribution in [1.29, 1.82) is 0 Å². The van der Waals surface area contributed by atoms with E-state index >= 15 is 0 Å². The molecule has 20 heavy (non-hydrogen) atoms. The van der Waals surface area contributed by atoms with E-state index in [0.717, 1.165) is 0 Å². The van der Waals surface area contributed by atoms with Gasteiger partial charge in [-0.3, -0.25) is 19.2 Å². The average molecular weight is 355 g/mol. The van der Waals surface area contributed by atoms with Gasteiger partial charge in [-0.2, -0.15) is 0 Å². The SMILES string of the molecule is CC(=O)[C@](O)(C(=O)Br)[C@](O)(C(C)=O)[C@@](O)(CO)C(C)=O. The first-order valence-electron chi connectivity index (χ1n) is 5.35. The van der Waals surface area contributed by atoms with Crippen molar-refractivity contribution in [1.82, 2.24) is 0 Å². The molecule has 8 nitrogen and oxygen atoms in total. The van der Waals surface area contributed by atoms with E-state index in [1.807, 2.05) is 0 Å². The van der Waals surface area contributed by atoms with Crippen LogP contribution in [0.15, 0.2) is 0 Å². The van der Waals surface area contributed by atoms with E-state index in [0.29, 0.717) is 20.8 Å². The molecule has 0 rings (SSSR count). The van der Waals surface area contributed by atoms with Crippen molar-refractivity contribution < 1.29 is 39.6 Å². The van der Waals surface area contributed by atoms with Crippen LogP contribution in [0.2, 0.25) is 0 Å². The highest BCUT2D eigenvalue weighted by molar-refractivity contribution is 9.18. The molecule has 0 bridgehead atoms. The fraction of sp³-hybridized carbons (Fsp3) is 0.636. The molecule has 0 aliphatic heterocycles. The minimum atomic E-state index is -3.55. The molecule has 0 fully saturated rings. The van der Waals surface area contributed by atoms with Crippen molar-refractivity contribution in [2.45, 2.75) is 37.6 Å². The Hall–Kier alpha value is -1.00. The van der Waals surface area contributed by atoms with E-state index < -0.39 is 45.5 Å². The summed E-state index contributed by atoms with van der Waals surface area (Å²) in [5.74, 6) is -4.16. The molecule has 0 spiro atoms. The molecule has 114 valence electrons. The van der Waals surface area contributed by atoms with Gasteiger partial charge in [0.25, 0.3) is 0 Å². The van der Waals surface area contributed by atoms with Crippen LogP contribution >= 0.6 is 15.9 Å². The molecule has 3 atom stereocenters. The lowest BCUT2D eigenvalue weighted by atomic mass is 9.66. The van der Waals surface area contributed by atoms with Crippen molar-refractivity contribution in [2.75, 3.05) is 6.61 Å². The Balaban J connectivity index is 6.66. The summed E-state index contributed by atoms with van der Waals surface area (Å²) in [6, 6.07) is 0. The Kier molecular flexibility index (Phi) is 5.49. The first kappa shape index (κ1) is 19.0. The predicted molar refractivity (Wildman–Crippen MR) is 67.9 cm³/mol. The lowest BCUT2D eigenvalue weighted by Gasteiger charge is -2.45. The fourth-order valence-corrected chi connectivity index (χ4v) is 2.43. The molecule has 0 aromatic heterocycles. The quantitative estimate of drug-likeness (QED) is 0.299. The Morgan fingerprint density at radius 3 is 1.45 bits per heavy atom. The van der Waals surface area contributed by atoms with Crippen molar-refractivity contribution >= 4 is 38.0 Å². The Labute approximate surface area is 122 Å². The molecule has 0 aliphatic carbocycles. The second kappa shape index (κ2) is 5.78. The molecule has 0 aromatic rings. The minimum absolute atomic E-state index is 0.646. The minimum Gasteiger partial charge on any atom is -0.393 e. The van der Waals surface area contributed by atoms with E-state index in [2.05, 4.69) is 15.9 Å². The van der Waals surface area contributed by atoms with Crippen LogP contribution in [0.3, 0.4) is 0 Å². The van der Waals surface area contributed by atoms with Gasteiger partial charge in [-0.25, -0.2) is 0 Å². The zero-order chi connectivity index (χ0) is 16.5. The summed E-state index contributed by atoms with van der Waals surface area (Å²) in [6.45, 7) is 0.538. The topological polar surface area (TPSA) is 149 Å². The highest BCUT2D eigenvalue weighted by Crippen LogP contribution is 2.38. The Morgan fingerprint density at radius 1 is 0.900 bits per heavy atom. The van der Waals surface area contributed by atoms with E-state index in [1.54, 1.807) is 0 Å². The predicted octanol–water partition coefficient (Wildman–Crippen LogP) is -2.14. The van der Waals surface area contributed by atoms with E-state index in [4.69, 9.17) is 5.11 Å². The summed E-state index contributed by atoms with van der Waals surface area (Å²) in [6.07, 6.45) is 0. The monoisotopic (exact) mass is 354 g/mol. The molecule has 9 heteroatoms. The number of carbonyl (C=O) groups is 4. The van der Waals surface area contributed by atoms with Crippen LogP contribution in [-0.4, -0.2) is 65.9 Å². The Morgan fingerprint density at radius 2 is 1.30 bits per heavy atom. The number of carbonyl (C=O) groups excluding carboxylic acids is 4. The average Bonchev–Trinajstić information content (AvgIpc) is 2.34. The molecule has 0 unspecified atom stereocenters. The van der Waals surface area contributed by atoms with Crippen LogP contribution in [0.1, 0.15) is 20.8 Å². The summed E-state index contributed by atoms with van der Waals surface area (Å²) < 4.78 is -1.54. The third-order valence-corrected chi connectivity index (χ3v) is 3.81. The van der Waals surface area contributed by atoms with E-state index in [1.165, 1.54) is 0 Å². The van der Waals surface area contributed by atoms with E-state index in [-0.39, 0.29) is 0 Å². The molecule has 4 N–H and O–H groups in total. The number of hydrogen-bond acceptors (Lipinski definition) is 8. The highest BCUT2D eigenvalue weighted by Gasteiger charge is 2.71. The number of rotatable bonds is 7. The number of ketones is 3. The van der Waals surface area contributed by atoms with Crippen molar-refractivity contribution in [2.24, 2.45) is 0 Å². The molecule has 0 amide bonds. The van der Waals surface area contributed by atoms with Crippen LogP contribution in [0, 0.1) is 0 Å². The summed E-state index contributed by atoms with van der Waals surface area (Å²) in [7, 11) is 0. The number of halogens is 1. The lowest BCUT2D eigenvalue weighted by Crippen LogP contribution is -2.78. The van der Waals surface area contributed by atoms with Crippen LogP contribution in [0.4, 0.5) is 0 Å².